The van der Waals surface area contributed by atoms with E-state index < -0.39 is 0 Å². The first-order valence-corrected chi connectivity index (χ1v) is 12.8. The number of anilines is 3. The number of para-hydroxylation sites is 1. The quantitative estimate of drug-likeness (QED) is 0.349. The standard InChI is InChI=1S/C28H26Cl2N6O2/c1-17-13-20(8-9-24(17)35-11-10-19(31)16-35)33-28-32-14-21-25(34-28)18(5-4-12-38-2)15-36(27(21)37)26-22(29)6-3-7-23(26)30/h3,6-9,13-15,19H,10-12,16,31H2,1-2H3,(H,32,33,34)/t19-/m0/s1. The van der Waals surface area contributed by atoms with Gasteiger partial charge in [-0.05, 0) is 49.2 Å². The van der Waals surface area contributed by atoms with Crippen LogP contribution < -0.4 is 21.5 Å². The molecule has 0 radical (unpaired) electrons. The molecular formula is C28H26Cl2N6O2. The van der Waals surface area contributed by atoms with Gasteiger partial charge in [0.1, 0.15) is 6.61 Å². The molecule has 5 rings (SSSR count). The molecule has 3 heterocycles. The number of benzene rings is 2. The minimum Gasteiger partial charge on any atom is -0.372 e. The number of pyridine rings is 1. The molecule has 0 aliphatic carbocycles. The maximum absolute atomic E-state index is 13.5. The largest absolute Gasteiger partial charge is 0.372 e. The molecule has 1 aliphatic heterocycles. The lowest BCUT2D eigenvalue weighted by Gasteiger charge is -2.21. The van der Waals surface area contributed by atoms with Crippen LogP contribution in [0.3, 0.4) is 0 Å². The molecule has 8 nitrogen and oxygen atoms in total. The van der Waals surface area contributed by atoms with Crippen LogP contribution in [0.4, 0.5) is 17.3 Å². The molecule has 2 aromatic heterocycles. The molecule has 10 heteroatoms. The summed E-state index contributed by atoms with van der Waals surface area (Å²) in [4.78, 5) is 24.9. The van der Waals surface area contributed by atoms with Gasteiger partial charge in [-0.1, -0.05) is 41.1 Å². The van der Waals surface area contributed by atoms with Gasteiger partial charge in [-0.3, -0.25) is 9.36 Å². The number of aromatic nitrogens is 3. The highest BCUT2D eigenvalue weighted by molar-refractivity contribution is 6.37. The Labute approximate surface area is 230 Å². The molecule has 194 valence electrons. The summed E-state index contributed by atoms with van der Waals surface area (Å²) < 4.78 is 6.46. The third kappa shape index (κ3) is 5.19. The smallest absolute Gasteiger partial charge is 0.266 e. The Morgan fingerprint density at radius 1 is 1.24 bits per heavy atom. The Morgan fingerprint density at radius 2 is 2.03 bits per heavy atom. The number of hydrogen-bond acceptors (Lipinski definition) is 7. The normalized spacial score (nSPS) is 15.0. The summed E-state index contributed by atoms with van der Waals surface area (Å²) >= 11 is 12.8. The first-order valence-electron chi connectivity index (χ1n) is 12.1. The summed E-state index contributed by atoms with van der Waals surface area (Å²) in [5.41, 5.74) is 10.1. The monoisotopic (exact) mass is 548 g/mol. The highest BCUT2D eigenvalue weighted by Crippen LogP contribution is 2.30. The van der Waals surface area contributed by atoms with Gasteiger partial charge in [-0.25, -0.2) is 9.97 Å². The molecule has 1 aliphatic rings. The summed E-state index contributed by atoms with van der Waals surface area (Å²) in [5.74, 6) is 6.33. The Bertz CT molecular complexity index is 1620. The van der Waals surface area contributed by atoms with Crippen LogP contribution in [-0.2, 0) is 4.74 Å². The van der Waals surface area contributed by atoms with Gasteiger partial charge in [0.15, 0.2) is 0 Å². The van der Waals surface area contributed by atoms with Crippen molar-refractivity contribution in [3.63, 3.8) is 0 Å². The van der Waals surface area contributed by atoms with E-state index >= 15 is 0 Å². The van der Waals surface area contributed by atoms with E-state index in [0.717, 1.165) is 36.4 Å². The zero-order valence-electron chi connectivity index (χ0n) is 21.0. The number of ether oxygens (including phenoxy) is 1. The predicted molar refractivity (Wildman–Crippen MR) is 153 cm³/mol. The van der Waals surface area contributed by atoms with Crippen LogP contribution in [0.2, 0.25) is 10.0 Å². The number of nitrogens with zero attached hydrogens (tertiary/aromatic N) is 4. The Hall–Kier alpha value is -3.61. The van der Waals surface area contributed by atoms with Crippen molar-refractivity contribution >= 4 is 51.4 Å². The van der Waals surface area contributed by atoms with Gasteiger partial charge in [0.2, 0.25) is 5.95 Å². The molecule has 1 atom stereocenters. The van der Waals surface area contributed by atoms with Crippen molar-refractivity contribution in [3.8, 4) is 17.5 Å². The average Bonchev–Trinajstić information content (AvgIpc) is 3.32. The molecule has 0 spiro atoms. The van der Waals surface area contributed by atoms with Gasteiger partial charge in [0.25, 0.3) is 5.56 Å². The van der Waals surface area contributed by atoms with Crippen molar-refractivity contribution in [3.05, 3.63) is 80.3 Å². The molecule has 2 aromatic carbocycles. The summed E-state index contributed by atoms with van der Waals surface area (Å²) in [5, 5.41) is 4.21. The number of nitrogens with two attached hydrogens (primary N) is 1. The van der Waals surface area contributed by atoms with E-state index in [-0.39, 0.29) is 23.6 Å². The topological polar surface area (TPSA) is 98.3 Å². The Kier molecular flexibility index (Phi) is 7.54. The number of aryl methyl sites for hydroxylation is 1. The molecule has 1 saturated heterocycles. The van der Waals surface area contributed by atoms with Crippen LogP contribution in [0.5, 0.6) is 0 Å². The number of hydrogen-bond donors (Lipinski definition) is 2. The van der Waals surface area contributed by atoms with Gasteiger partial charge in [-0.15, -0.1) is 0 Å². The van der Waals surface area contributed by atoms with Gasteiger partial charge in [0.05, 0.1) is 32.2 Å². The van der Waals surface area contributed by atoms with Gasteiger partial charge >= 0.3 is 0 Å². The predicted octanol–water partition coefficient (Wildman–Crippen LogP) is 4.67. The van der Waals surface area contributed by atoms with Crippen LogP contribution in [0.15, 0.2) is 53.6 Å². The summed E-state index contributed by atoms with van der Waals surface area (Å²) in [6.45, 7) is 4.09. The number of fused-ring (bicyclic) bond motifs is 1. The van der Waals surface area contributed by atoms with Crippen molar-refractivity contribution in [2.24, 2.45) is 5.73 Å². The average molecular weight is 549 g/mol. The Morgan fingerprint density at radius 3 is 2.71 bits per heavy atom. The first kappa shape index (κ1) is 26.0. The fourth-order valence-electron chi connectivity index (χ4n) is 4.59. The second-order valence-electron chi connectivity index (χ2n) is 9.10. The van der Waals surface area contributed by atoms with Crippen LogP contribution in [-0.4, -0.2) is 47.4 Å². The molecule has 0 bridgehead atoms. The fraction of sp³-hybridized carbons (Fsp3) is 0.250. The van der Waals surface area contributed by atoms with Gasteiger partial charge < -0.3 is 20.7 Å². The maximum atomic E-state index is 13.5. The molecule has 4 aromatic rings. The highest BCUT2D eigenvalue weighted by atomic mass is 35.5. The number of rotatable bonds is 5. The number of methoxy groups -OCH3 is 1. The first-order chi connectivity index (χ1) is 18.4. The molecular weight excluding hydrogens is 523 g/mol. The number of halogens is 2. The summed E-state index contributed by atoms with van der Waals surface area (Å²) in [6, 6.07) is 11.4. The number of nitrogens with one attached hydrogen (secondary N) is 1. The lowest BCUT2D eigenvalue weighted by atomic mass is 10.1. The van der Waals surface area contributed by atoms with E-state index in [4.69, 9.17) is 33.7 Å². The van der Waals surface area contributed by atoms with E-state index in [1.165, 1.54) is 10.8 Å². The van der Waals surface area contributed by atoms with E-state index in [1.807, 2.05) is 12.1 Å². The van der Waals surface area contributed by atoms with Crippen LogP contribution >= 0.6 is 23.2 Å². The minimum atomic E-state index is -0.358. The second kappa shape index (κ2) is 11.0. The highest BCUT2D eigenvalue weighted by Gasteiger charge is 2.21. The van der Waals surface area contributed by atoms with Gasteiger partial charge in [-0.2, -0.15) is 0 Å². The lowest BCUT2D eigenvalue weighted by Crippen LogP contribution is -2.26. The molecule has 1 fully saturated rings. The second-order valence-corrected chi connectivity index (χ2v) is 9.91. The molecule has 38 heavy (non-hydrogen) atoms. The SMILES string of the molecule is COCC#Cc1cn(-c2c(Cl)cccc2Cl)c(=O)c2cnc(Nc3ccc(N4CC[C@H](N)C4)c(C)c3)nc12. The zero-order chi connectivity index (χ0) is 26.8. The molecule has 3 N–H and O–H groups in total. The molecule has 0 amide bonds. The van der Waals surface area contributed by atoms with Crippen LogP contribution in [0.1, 0.15) is 17.5 Å². The van der Waals surface area contributed by atoms with E-state index in [1.54, 1.807) is 31.5 Å². The van der Waals surface area contributed by atoms with Crippen molar-refractivity contribution in [2.45, 2.75) is 19.4 Å². The van der Waals surface area contributed by atoms with Crippen LogP contribution in [0.25, 0.3) is 16.6 Å². The zero-order valence-corrected chi connectivity index (χ0v) is 22.5. The fourth-order valence-corrected chi connectivity index (χ4v) is 5.17. The third-order valence-electron chi connectivity index (χ3n) is 6.39. The van der Waals surface area contributed by atoms with Crippen molar-refractivity contribution in [1.82, 2.24) is 14.5 Å². The van der Waals surface area contributed by atoms with Crippen LogP contribution in [0, 0.1) is 18.8 Å². The summed E-state index contributed by atoms with van der Waals surface area (Å²) in [6.07, 6.45) is 4.07. The molecule has 0 saturated carbocycles. The van der Waals surface area contributed by atoms with E-state index in [9.17, 15) is 4.79 Å². The van der Waals surface area contributed by atoms with Crippen molar-refractivity contribution < 1.29 is 4.74 Å². The van der Waals surface area contributed by atoms with Crippen molar-refractivity contribution in [1.29, 1.82) is 0 Å². The molecule has 0 unspecified atom stereocenters. The van der Waals surface area contributed by atoms with E-state index in [0.29, 0.717) is 32.8 Å². The van der Waals surface area contributed by atoms with Gasteiger partial charge in [0, 0.05) is 50.0 Å². The minimum absolute atomic E-state index is 0.206. The lowest BCUT2D eigenvalue weighted by molar-refractivity contribution is 0.240. The Balaban J connectivity index is 1.55. The van der Waals surface area contributed by atoms with E-state index in [2.05, 4.69) is 45.0 Å². The maximum Gasteiger partial charge on any atom is 0.266 e. The third-order valence-corrected chi connectivity index (χ3v) is 7.00. The van der Waals surface area contributed by atoms with Crippen molar-refractivity contribution in [2.75, 3.05) is 37.0 Å². The summed E-state index contributed by atoms with van der Waals surface area (Å²) in [7, 11) is 1.56.